The molecular formula is C17H20FN3O3S. The molecule has 25 heavy (non-hydrogen) atoms. The van der Waals surface area contributed by atoms with Gasteiger partial charge in [-0.15, -0.1) is 4.83 Å². The highest BCUT2D eigenvalue weighted by atomic mass is 32.2. The molecule has 8 heteroatoms. The fourth-order valence-electron chi connectivity index (χ4n) is 2.32. The Labute approximate surface area is 146 Å². The smallest absolute Gasteiger partial charge is 0.266 e. The molecule has 0 fully saturated rings. The van der Waals surface area contributed by atoms with Gasteiger partial charge in [0.05, 0.1) is 0 Å². The summed E-state index contributed by atoms with van der Waals surface area (Å²) in [6.07, 6.45) is 0. The fourth-order valence-corrected chi connectivity index (χ4v) is 3.24. The minimum absolute atomic E-state index is 0.284. The highest BCUT2D eigenvalue weighted by Crippen LogP contribution is 2.15. The zero-order valence-electron chi connectivity index (χ0n) is 14.0. The van der Waals surface area contributed by atoms with E-state index >= 15 is 0 Å². The van der Waals surface area contributed by atoms with Crippen LogP contribution in [0.1, 0.15) is 24.2 Å². The third kappa shape index (κ3) is 4.55. The SMILES string of the molecule is CCN(CC)c1ccc(C(=O)NNS(=O)(=O)c2ccccc2F)cc1. The van der Waals surface area contributed by atoms with E-state index in [1.807, 2.05) is 18.7 Å². The number of halogens is 1. The molecule has 6 nitrogen and oxygen atoms in total. The summed E-state index contributed by atoms with van der Waals surface area (Å²) >= 11 is 0. The van der Waals surface area contributed by atoms with Crippen molar-refractivity contribution in [2.24, 2.45) is 0 Å². The van der Waals surface area contributed by atoms with Gasteiger partial charge in [0, 0.05) is 24.3 Å². The number of sulfonamides is 1. The van der Waals surface area contributed by atoms with Crippen molar-refractivity contribution in [3.05, 3.63) is 59.9 Å². The Morgan fingerprint density at radius 2 is 1.64 bits per heavy atom. The number of amides is 1. The van der Waals surface area contributed by atoms with Crippen molar-refractivity contribution in [2.75, 3.05) is 18.0 Å². The number of hydrazine groups is 1. The van der Waals surface area contributed by atoms with Crippen molar-refractivity contribution in [2.45, 2.75) is 18.7 Å². The largest absolute Gasteiger partial charge is 0.372 e. The first-order valence-corrected chi connectivity index (χ1v) is 9.29. The summed E-state index contributed by atoms with van der Waals surface area (Å²) in [5, 5.41) is 0. The minimum atomic E-state index is -4.19. The normalized spacial score (nSPS) is 11.2. The van der Waals surface area contributed by atoms with E-state index in [9.17, 15) is 17.6 Å². The van der Waals surface area contributed by atoms with E-state index in [1.54, 1.807) is 24.3 Å². The molecule has 0 saturated carbocycles. The van der Waals surface area contributed by atoms with Crippen LogP contribution in [0.5, 0.6) is 0 Å². The van der Waals surface area contributed by atoms with Gasteiger partial charge in [-0.3, -0.25) is 10.2 Å². The van der Waals surface area contributed by atoms with Gasteiger partial charge in [-0.1, -0.05) is 12.1 Å². The second kappa shape index (κ2) is 8.09. The maximum Gasteiger partial charge on any atom is 0.266 e. The zero-order valence-corrected chi connectivity index (χ0v) is 14.8. The van der Waals surface area contributed by atoms with Gasteiger partial charge in [-0.05, 0) is 50.2 Å². The summed E-state index contributed by atoms with van der Waals surface area (Å²) < 4.78 is 37.7. The maximum absolute atomic E-state index is 13.6. The lowest BCUT2D eigenvalue weighted by Gasteiger charge is -2.21. The summed E-state index contributed by atoms with van der Waals surface area (Å²) in [5.74, 6) is -1.53. The molecular weight excluding hydrogens is 345 g/mol. The third-order valence-corrected chi connectivity index (χ3v) is 4.96. The van der Waals surface area contributed by atoms with Crippen molar-refractivity contribution in [3.63, 3.8) is 0 Å². The van der Waals surface area contributed by atoms with Gasteiger partial charge in [0.1, 0.15) is 10.7 Å². The number of benzene rings is 2. The standard InChI is InChI=1S/C17H20FN3O3S/c1-3-21(4-2)14-11-9-13(10-12-14)17(22)19-20-25(23,24)16-8-6-5-7-15(16)18/h5-12,20H,3-4H2,1-2H3,(H,19,22). The molecule has 2 aromatic rings. The maximum atomic E-state index is 13.6. The van der Waals surface area contributed by atoms with Crippen LogP contribution in [0.15, 0.2) is 53.4 Å². The molecule has 0 heterocycles. The van der Waals surface area contributed by atoms with Gasteiger partial charge < -0.3 is 4.90 Å². The molecule has 0 aromatic heterocycles. The number of nitrogens with one attached hydrogen (secondary N) is 2. The average molecular weight is 365 g/mol. The lowest BCUT2D eigenvalue weighted by atomic mass is 10.2. The molecule has 1 amide bonds. The van der Waals surface area contributed by atoms with Crippen LogP contribution < -0.4 is 15.2 Å². The number of carbonyl (C=O) groups is 1. The van der Waals surface area contributed by atoms with Crippen LogP contribution in [0.25, 0.3) is 0 Å². The van der Waals surface area contributed by atoms with E-state index in [-0.39, 0.29) is 5.56 Å². The molecule has 0 radical (unpaired) electrons. The van der Waals surface area contributed by atoms with Gasteiger partial charge in [-0.2, -0.15) is 0 Å². The van der Waals surface area contributed by atoms with Crippen LogP contribution >= 0.6 is 0 Å². The summed E-state index contributed by atoms with van der Waals surface area (Å²) in [5.41, 5.74) is 3.34. The topological polar surface area (TPSA) is 78.5 Å². The van der Waals surface area contributed by atoms with Crippen molar-refractivity contribution >= 4 is 21.6 Å². The zero-order chi connectivity index (χ0) is 18.4. The van der Waals surface area contributed by atoms with E-state index in [0.717, 1.165) is 30.9 Å². The van der Waals surface area contributed by atoms with Crippen LogP contribution in [-0.4, -0.2) is 27.4 Å². The molecule has 2 N–H and O–H groups in total. The summed E-state index contributed by atoms with van der Waals surface area (Å²) in [6.45, 7) is 5.73. The number of nitrogens with zero attached hydrogens (tertiary/aromatic N) is 1. The van der Waals surface area contributed by atoms with E-state index in [1.165, 1.54) is 12.1 Å². The predicted octanol–water partition coefficient (Wildman–Crippen LogP) is 2.30. The minimum Gasteiger partial charge on any atom is -0.372 e. The number of anilines is 1. The first-order chi connectivity index (χ1) is 11.9. The molecule has 0 aliphatic rings. The molecule has 134 valence electrons. The van der Waals surface area contributed by atoms with Gasteiger partial charge >= 0.3 is 0 Å². The second-order valence-corrected chi connectivity index (χ2v) is 6.86. The van der Waals surface area contributed by atoms with Crippen LogP contribution in [0, 0.1) is 5.82 Å². The van der Waals surface area contributed by atoms with Crippen LogP contribution in [-0.2, 0) is 10.0 Å². The number of hydrogen-bond donors (Lipinski definition) is 2. The number of rotatable bonds is 7. The summed E-state index contributed by atoms with van der Waals surface area (Å²) in [4.78, 5) is 15.6. The third-order valence-electron chi connectivity index (χ3n) is 3.68. The Bertz CT molecular complexity index is 834. The van der Waals surface area contributed by atoms with Crippen molar-refractivity contribution in [1.82, 2.24) is 10.3 Å². The Morgan fingerprint density at radius 1 is 1.04 bits per heavy atom. The van der Waals surface area contributed by atoms with Gasteiger partial charge in [0.15, 0.2) is 0 Å². The van der Waals surface area contributed by atoms with Crippen LogP contribution in [0.3, 0.4) is 0 Å². The van der Waals surface area contributed by atoms with Crippen molar-refractivity contribution in [3.8, 4) is 0 Å². The molecule has 0 atom stereocenters. The predicted molar refractivity (Wildman–Crippen MR) is 94.2 cm³/mol. The van der Waals surface area contributed by atoms with Gasteiger partial charge in [-0.25, -0.2) is 12.8 Å². The van der Waals surface area contributed by atoms with Crippen molar-refractivity contribution < 1.29 is 17.6 Å². The molecule has 0 bridgehead atoms. The molecule has 2 aromatic carbocycles. The molecule has 2 rings (SSSR count). The molecule has 0 aliphatic heterocycles. The second-order valence-electron chi connectivity index (χ2n) is 5.21. The first-order valence-electron chi connectivity index (χ1n) is 7.80. The lowest BCUT2D eigenvalue weighted by molar-refractivity contribution is 0.0945. The molecule has 0 saturated heterocycles. The number of carbonyl (C=O) groups excluding carboxylic acids is 1. The monoisotopic (exact) mass is 365 g/mol. The van der Waals surface area contributed by atoms with Crippen molar-refractivity contribution in [1.29, 1.82) is 0 Å². The molecule has 0 unspecified atom stereocenters. The van der Waals surface area contributed by atoms with Crippen LogP contribution in [0.2, 0.25) is 0 Å². The number of hydrogen-bond acceptors (Lipinski definition) is 4. The van der Waals surface area contributed by atoms with E-state index in [4.69, 9.17) is 0 Å². The Morgan fingerprint density at radius 3 is 2.20 bits per heavy atom. The quantitative estimate of drug-likeness (QED) is 0.738. The van der Waals surface area contributed by atoms with Gasteiger partial charge in [0.25, 0.3) is 15.9 Å². The van der Waals surface area contributed by atoms with E-state index < -0.39 is 26.6 Å². The Balaban J connectivity index is 2.06. The summed E-state index contributed by atoms with van der Waals surface area (Å²) in [7, 11) is -4.19. The average Bonchev–Trinajstić information content (AvgIpc) is 2.61. The lowest BCUT2D eigenvalue weighted by Crippen LogP contribution is -2.41. The Kier molecular flexibility index (Phi) is 6.11. The highest BCUT2D eigenvalue weighted by Gasteiger charge is 2.19. The van der Waals surface area contributed by atoms with Crippen LogP contribution in [0.4, 0.5) is 10.1 Å². The van der Waals surface area contributed by atoms with Gasteiger partial charge in [0.2, 0.25) is 0 Å². The Hall–Kier alpha value is -2.45. The fraction of sp³-hybridized carbons (Fsp3) is 0.235. The van der Waals surface area contributed by atoms with E-state index in [2.05, 4.69) is 10.3 Å². The van der Waals surface area contributed by atoms with E-state index in [0.29, 0.717) is 0 Å². The highest BCUT2D eigenvalue weighted by molar-refractivity contribution is 7.89. The summed E-state index contributed by atoms with van der Waals surface area (Å²) in [6, 6.07) is 11.7. The molecule has 0 spiro atoms. The first kappa shape index (κ1) is 18.9. The molecule has 0 aliphatic carbocycles.